The lowest BCUT2D eigenvalue weighted by atomic mass is 9.83. The van der Waals surface area contributed by atoms with E-state index in [2.05, 4.69) is 135 Å². The summed E-state index contributed by atoms with van der Waals surface area (Å²) in [6.07, 6.45) is 0. The second-order valence-electron chi connectivity index (χ2n) is 17.8. The number of para-hydroxylation sites is 6. The maximum absolute atomic E-state index is 10.8. The number of benzene rings is 7. The first-order valence-corrected chi connectivity index (χ1v) is 23.6. The zero-order valence-corrected chi connectivity index (χ0v) is 39.2. The van der Waals surface area contributed by atoms with Crippen LogP contribution in [0.2, 0.25) is 0 Å². The summed E-state index contributed by atoms with van der Waals surface area (Å²) in [6.45, 7) is 16.7. The summed E-state index contributed by atoms with van der Waals surface area (Å²) in [4.78, 5) is 20.9. The molecule has 0 spiro atoms. The third-order valence-electron chi connectivity index (χ3n) is 13.8. The Balaban J connectivity index is 1.48. The van der Waals surface area contributed by atoms with Crippen LogP contribution in [-0.2, 0) is 0 Å². The van der Waals surface area contributed by atoms with E-state index in [1.807, 2.05) is 72.8 Å². The first-order chi connectivity index (χ1) is 36.9. The predicted molar refractivity (Wildman–Crippen MR) is 291 cm³/mol. The number of nitriles is 4. The fraction of sp³-hybridized carbons (Fsp3) is 0. The minimum absolute atomic E-state index is 0.0270. The van der Waals surface area contributed by atoms with Crippen molar-refractivity contribution in [3.05, 3.63) is 228 Å². The fourth-order valence-electron chi connectivity index (χ4n) is 11.0. The third-order valence-corrected chi connectivity index (χ3v) is 13.8. The molecular weight excluding hydrogens is 925 g/mol. The maximum Gasteiger partial charge on any atom is 0.271 e. The van der Waals surface area contributed by atoms with Gasteiger partial charge in [0.1, 0.15) is 35.7 Å². The Hall–Kier alpha value is -11.7. The Kier molecular flexibility index (Phi) is 9.85. The number of rotatable bonds is 6. The second kappa shape index (κ2) is 17.0. The smallest absolute Gasteiger partial charge is 0.271 e. The molecule has 75 heavy (non-hydrogen) atoms. The van der Waals surface area contributed by atoms with Crippen molar-refractivity contribution in [3.63, 3.8) is 0 Å². The monoisotopic (exact) mass is 954 g/mol. The summed E-state index contributed by atoms with van der Waals surface area (Å²) in [5.74, 6) is -0.116. The molecule has 6 heterocycles. The minimum Gasteiger partial charge on any atom is -0.361 e. The van der Waals surface area contributed by atoms with E-state index in [0.717, 1.165) is 65.4 Å². The maximum atomic E-state index is 10.8. The number of nitrogens with zero attached hydrogens (tertiary/aromatic N) is 12. The molecule has 0 unspecified atom stereocenters. The van der Waals surface area contributed by atoms with Crippen LogP contribution < -0.4 is 0 Å². The van der Waals surface area contributed by atoms with Crippen molar-refractivity contribution >= 4 is 77.1 Å². The molecule has 342 valence electrons. The fourth-order valence-corrected chi connectivity index (χ4v) is 11.0. The van der Waals surface area contributed by atoms with E-state index in [9.17, 15) is 21.0 Å². The van der Waals surface area contributed by atoms with E-state index >= 15 is 0 Å². The Morgan fingerprint density at radius 2 is 0.573 bits per heavy atom. The molecule has 0 atom stereocenters. The standard InChI is InChI=1S/C63H30N12/c1-68-56-31-38(29-42(35-66)71-56)58-59(37-27-40(33-64)70-41(28-37)34-65)61(73-50-21-9-3-15-44(50)45-16-4-10-22-51(45)73)63(75-54-25-13-7-19-48(54)49-20-8-14-26-55(49)75)62(60(58)39-30-43(36-67)72-57(32-39)69-2)74-52-23-11-5-17-46(52)47-18-6-12-24-53(47)74/h3-32H. The van der Waals surface area contributed by atoms with Crippen molar-refractivity contribution in [1.29, 1.82) is 21.0 Å². The molecule has 0 aliphatic rings. The van der Waals surface area contributed by atoms with Gasteiger partial charge in [-0.3, -0.25) is 0 Å². The van der Waals surface area contributed by atoms with Crippen LogP contribution in [0.25, 0.3) is 126 Å². The zero-order valence-electron chi connectivity index (χ0n) is 39.2. The van der Waals surface area contributed by atoms with Gasteiger partial charge in [0.2, 0.25) is 11.4 Å². The second-order valence-corrected chi connectivity index (χ2v) is 17.8. The van der Waals surface area contributed by atoms with Gasteiger partial charge in [-0.2, -0.15) is 21.0 Å². The molecule has 0 aliphatic heterocycles. The molecule has 0 radical (unpaired) electrons. The molecule has 0 N–H and O–H groups in total. The van der Waals surface area contributed by atoms with Crippen LogP contribution in [0.15, 0.2) is 182 Å². The SMILES string of the molecule is [C-]#[N+]c1cc(-c2c(-c3cc(C#N)nc(C#N)c3)c(-n3c4ccccc4c4ccccc43)c(-n3c4ccccc4c4ccccc43)c(-n3c4ccccc4c4ccccc43)c2-c2cc(C#N)nc([N+]#[C-])c2)cc(C#N)n1. The Bertz CT molecular complexity index is 4460. The number of aromatic nitrogens is 6. The van der Waals surface area contributed by atoms with Gasteiger partial charge in [-0.1, -0.05) is 122 Å². The number of hydrogen-bond donors (Lipinski definition) is 0. The van der Waals surface area contributed by atoms with Crippen LogP contribution >= 0.6 is 0 Å². The molecule has 6 aromatic heterocycles. The Morgan fingerprint density at radius 1 is 0.320 bits per heavy atom. The van der Waals surface area contributed by atoms with Crippen molar-refractivity contribution in [3.8, 4) is 74.7 Å². The quantitative estimate of drug-likeness (QED) is 0.150. The first kappa shape index (κ1) is 43.4. The molecule has 0 fully saturated rings. The van der Waals surface area contributed by atoms with Crippen LogP contribution in [0.1, 0.15) is 22.8 Å². The highest BCUT2D eigenvalue weighted by Crippen LogP contribution is 2.55. The van der Waals surface area contributed by atoms with E-state index in [1.54, 1.807) is 36.4 Å². The van der Waals surface area contributed by atoms with Crippen molar-refractivity contribution in [2.75, 3.05) is 0 Å². The third kappa shape index (κ3) is 6.53. The van der Waals surface area contributed by atoms with Gasteiger partial charge in [0.05, 0.1) is 50.2 Å². The molecule has 12 nitrogen and oxygen atoms in total. The number of hydrogen-bond acceptors (Lipinski definition) is 7. The van der Waals surface area contributed by atoms with Crippen molar-refractivity contribution < 1.29 is 0 Å². The zero-order chi connectivity index (χ0) is 50.9. The van der Waals surface area contributed by atoms with Gasteiger partial charge in [-0.15, -0.1) is 9.97 Å². The van der Waals surface area contributed by atoms with Gasteiger partial charge in [-0.05, 0) is 77.4 Å². The lowest BCUT2D eigenvalue weighted by Crippen LogP contribution is -2.14. The van der Waals surface area contributed by atoms with Crippen LogP contribution in [0.4, 0.5) is 11.6 Å². The summed E-state index contributed by atoms with van der Waals surface area (Å²) in [5, 5.41) is 48.8. The molecule has 0 amide bonds. The lowest BCUT2D eigenvalue weighted by molar-refractivity contribution is 1.05. The number of pyridine rings is 3. The van der Waals surface area contributed by atoms with Crippen LogP contribution in [0.3, 0.4) is 0 Å². The highest BCUT2D eigenvalue weighted by atomic mass is 15.1. The molecule has 7 aromatic carbocycles. The van der Waals surface area contributed by atoms with E-state index in [4.69, 9.17) is 13.1 Å². The highest BCUT2D eigenvalue weighted by molar-refractivity contribution is 6.18. The lowest BCUT2D eigenvalue weighted by Gasteiger charge is -2.31. The first-order valence-electron chi connectivity index (χ1n) is 23.6. The summed E-state index contributed by atoms with van der Waals surface area (Å²) >= 11 is 0. The molecule has 0 saturated carbocycles. The van der Waals surface area contributed by atoms with Gasteiger partial charge in [0.25, 0.3) is 11.6 Å². The van der Waals surface area contributed by atoms with E-state index < -0.39 is 0 Å². The van der Waals surface area contributed by atoms with Crippen molar-refractivity contribution in [1.82, 2.24) is 28.7 Å². The van der Waals surface area contributed by atoms with E-state index in [1.165, 1.54) is 0 Å². The average Bonchev–Trinajstić information content (AvgIpc) is 4.11. The largest absolute Gasteiger partial charge is 0.361 e. The minimum atomic E-state index is -0.0660. The molecule has 13 rings (SSSR count). The normalized spacial score (nSPS) is 11.1. The Morgan fingerprint density at radius 3 is 0.867 bits per heavy atom. The van der Waals surface area contributed by atoms with Gasteiger partial charge in [0, 0.05) is 61.1 Å². The Labute approximate surface area is 427 Å². The van der Waals surface area contributed by atoms with E-state index in [0.29, 0.717) is 50.4 Å². The van der Waals surface area contributed by atoms with Crippen LogP contribution in [-0.4, -0.2) is 28.7 Å². The highest BCUT2D eigenvalue weighted by Gasteiger charge is 2.35. The molecule has 0 aliphatic carbocycles. The van der Waals surface area contributed by atoms with Crippen LogP contribution in [0.5, 0.6) is 0 Å². The summed E-state index contributed by atoms with van der Waals surface area (Å²) in [7, 11) is 0. The van der Waals surface area contributed by atoms with Crippen molar-refractivity contribution in [2.45, 2.75) is 0 Å². The molecule has 13 aromatic rings. The summed E-state index contributed by atoms with van der Waals surface area (Å²) < 4.78 is 6.71. The summed E-state index contributed by atoms with van der Waals surface area (Å²) in [5.41, 5.74) is 9.24. The van der Waals surface area contributed by atoms with Gasteiger partial charge in [-0.25, -0.2) is 4.98 Å². The number of fused-ring (bicyclic) bond motifs is 9. The molecule has 12 heteroatoms. The van der Waals surface area contributed by atoms with Gasteiger partial charge >= 0.3 is 0 Å². The van der Waals surface area contributed by atoms with Gasteiger partial charge < -0.3 is 23.4 Å². The van der Waals surface area contributed by atoms with Crippen LogP contribution in [0, 0.1) is 58.5 Å². The predicted octanol–water partition coefficient (Wildman–Crippen LogP) is 14.8. The van der Waals surface area contributed by atoms with Gasteiger partial charge in [0.15, 0.2) is 0 Å². The van der Waals surface area contributed by atoms with Crippen molar-refractivity contribution in [2.24, 2.45) is 0 Å². The molecule has 0 bridgehead atoms. The molecule has 0 saturated heterocycles. The molecular formula is C63H30N12. The average molecular weight is 955 g/mol. The van der Waals surface area contributed by atoms with E-state index in [-0.39, 0.29) is 34.4 Å². The topological polar surface area (TPSA) is 157 Å². The summed E-state index contributed by atoms with van der Waals surface area (Å²) in [6, 6.07) is 67.7.